The molecule has 1 aliphatic heterocycles. The second-order valence-electron chi connectivity index (χ2n) is 6.18. The van der Waals surface area contributed by atoms with Gasteiger partial charge in [-0.25, -0.2) is 9.78 Å². The van der Waals surface area contributed by atoms with Gasteiger partial charge in [-0.3, -0.25) is 24.4 Å². The number of hydrogen-bond acceptors (Lipinski definition) is 5. The van der Waals surface area contributed by atoms with E-state index in [9.17, 15) is 19.2 Å². The summed E-state index contributed by atoms with van der Waals surface area (Å²) >= 11 is 0. The van der Waals surface area contributed by atoms with Crippen LogP contribution in [0.1, 0.15) is 23.2 Å². The molecule has 3 N–H and O–H groups in total. The highest BCUT2D eigenvalue weighted by atomic mass is 16.2. The van der Waals surface area contributed by atoms with Gasteiger partial charge in [0, 0.05) is 30.5 Å². The van der Waals surface area contributed by atoms with Crippen LogP contribution in [-0.4, -0.2) is 33.3 Å². The van der Waals surface area contributed by atoms with Crippen LogP contribution < -0.4 is 21.5 Å². The number of carbonyl (C=O) groups is 2. The highest BCUT2D eigenvalue weighted by molar-refractivity contribution is 6.06. The van der Waals surface area contributed by atoms with E-state index in [1.807, 2.05) is 6.07 Å². The first-order chi connectivity index (χ1) is 13.0. The smallest absolute Gasteiger partial charge is 0.322 e. The van der Waals surface area contributed by atoms with Crippen molar-refractivity contribution in [3.8, 4) is 0 Å². The standard InChI is InChI=1S/C18H15N5O4/c24-14-5-2-6-23(14)12-4-1-3-11(8-12)20-16(25)10-7-13-15(19-9-10)21-18(27)22-17(13)26/h1,3-4,7-9H,2,5-6H2,(H,20,25)(H2,19,21,22,26,27). The summed E-state index contributed by atoms with van der Waals surface area (Å²) in [7, 11) is 0. The zero-order valence-electron chi connectivity index (χ0n) is 14.1. The van der Waals surface area contributed by atoms with Gasteiger partial charge in [0.2, 0.25) is 5.91 Å². The quantitative estimate of drug-likeness (QED) is 0.638. The lowest BCUT2D eigenvalue weighted by Crippen LogP contribution is -2.24. The lowest BCUT2D eigenvalue weighted by atomic mass is 10.2. The zero-order valence-corrected chi connectivity index (χ0v) is 14.1. The largest absolute Gasteiger partial charge is 0.327 e. The van der Waals surface area contributed by atoms with Crippen LogP contribution in [0, 0.1) is 0 Å². The summed E-state index contributed by atoms with van der Waals surface area (Å²) in [6.45, 7) is 0.659. The number of nitrogens with one attached hydrogen (secondary N) is 3. The first-order valence-electron chi connectivity index (χ1n) is 8.35. The number of nitrogens with zero attached hydrogens (tertiary/aromatic N) is 2. The Hall–Kier alpha value is -3.75. The SMILES string of the molecule is O=C(Nc1cccc(N2CCCC2=O)c1)c1cnc2[nH]c(=O)[nH]c(=O)c2c1. The van der Waals surface area contributed by atoms with Crippen molar-refractivity contribution in [1.29, 1.82) is 0 Å². The molecule has 0 unspecified atom stereocenters. The fraction of sp³-hybridized carbons (Fsp3) is 0.167. The molecular formula is C18H15N5O4. The summed E-state index contributed by atoms with van der Waals surface area (Å²) in [6, 6.07) is 8.36. The highest BCUT2D eigenvalue weighted by Gasteiger charge is 2.22. The van der Waals surface area contributed by atoms with Gasteiger partial charge in [0.05, 0.1) is 10.9 Å². The predicted molar refractivity (Wildman–Crippen MR) is 99.0 cm³/mol. The third kappa shape index (κ3) is 3.22. The number of rotatable bonds is 3. The molecule has 1 fully saturated rings. The van der Waals surface area contributed by atoms with E-state index < -0.39 is 17.2 Å². The van der Waals surface area contributed by atoms with Crippen LogP contribution in [0.3, 0.4) is 0 Å². The van der Waals surface area contributed by atoms with Gasteiger partial charge in [-0.05, 0) is 30.7 Å². The molecule has 27 heavy (non-hydrogen) atoms. The van der Waals surface area contributed by atoms with Crippen molar-refractivity contribution >= 4 is 34.2 Å². The van der Waals surface area contributed by atoms with Crippen LogP contribution in [-0.2, 0) is 4.79 Å². The molecule has 9 nitrogen and oxygen atoms in total. The molecule has 0 spiro atoms. The Morgan fingerprint density at radius 3 is 2.78 bits per heavy atom. The van der Waals surface area contributed by atoms with Crippen LogP contribution in [0.15, 0.2) is 46.1 Å². The average Bonchev–Trinajstić information content (AvgIpc) is 3.07. The third-order valence-corrected chi connectivity index (χ3v) is 4.34. The Bertz CT molecular complexity index is 1180. The lowest BCUT2D eigenvalue weighted by molar-refractivity contribution is -0.117. The van der Waals surface area contributed by atoms with E-state index in [0.717, 1.165) is 12.1 Å². The number of amides is 2. The third-order valence-electron chi connectivity index (χ3n) is 4.34. The van der Waals surface area contributed by atoms with Crippen molar-refractivity contribution < 1.29 is 9.59 Å². The Morgan fingerprint density at radius 2 is 2.00 bits per heavy atom. The van der Waals surface area contributed by atoms with E-state index in [1.165, 1.54) is 12.3 Å². The van der Waals surface area contributed by atoms with Gasteiger partial charge in [0.15, 0.2) is 0 Å². The maximum absolute atomic E-state index is 12.5. The fourth-order valence-electron chi connectivity index (χ4n) is 3.05. The van der Waals surface area contributed by atoms with Gasteiger partial charge in [-0.2, -0.15) is 0 Å². The molecule has 0 bridgehead atoms. The second-order valence-corrected chi connectivity index (χ2v) is 6.18. The number of pyridine rings is 1. The zero-order chi connectivity index (χ0) is 19.0. The van der Waals surface area contributed by atoms with E-state index in [0.29, 0.717) is 18.7 Å². The monoisotopic (exact) mass is 365 g/mol. The van der Waals surface area contributed by atoms with E-state index in [2.05, 4.69) is 20.3 Å². The molecule has 1 saturated heterocycles. The molecule has 3 aromatic rings. The minimum atomic E-state index is -0.662. The number of aromatic nitrogens is 3. The lowest BCUT2D eigenvalue weighted by Gasteiger charge is -2.16. The molecule has 2 amide bonds. The second kappa shape index (κ2) is 6.52. The summed E-state index contributed by atoms with van der Waals surface area (Å²) in [6.07, 6.45) is 2.62. The summed E-state index contributed by atoms with van der Waals surface area (Å²) in [4.78, 5) is 57.7. The van der Waals surface area contributed by atoms with Crippen molar-refractivity contribution in [3.05, 3.63) is 62.9 Å². The van der Waals surface area contributed by atoms with Gasteiger partial charge < -0.3 is 10.2 Å². The predicted octanol–water partition coefficient (Wildman–Crippen LogP) is 0.990. The number of H-pyrrole nitrogens is 2. The van der Waals surface area contributed by atoms with Gasteiger partial charge in [0.25, 0.3) is 11.5 Å². The van der Waals surface area contributed by atoms with Crippen molar-refractivity contribution in [1.82, 2.24) is 15.0 Å². The minimum Gasteiger partial charge on any atom is -0.322 e. The number of aromatic amines is 2. The normalized spacial score (nSPS) is 13.9. The Morgan fingerprint density at radius 1 is 1.15 bits per heavy atom. The molecule has 0 radical (unpaired) electrons. The minimum absolute atomic E-state index is 0.0606. The van der Waals surface area contributed by atoms with Crippen molar-refractivity contribution in [2.45, 2.75) is 12.8 Å². The number of benzene rings is 1. The number of anilines is 2. The number of carbonyl (C=O) groups excluding carboxylic acids is 2. The Labute approximate surface area is 152 Å². The van der Waals surface area contributed by atoms with Crippen LogP contribution >= 0.6 is 0 Å². The first-order valence-corrected chi connectivity index (χ1v) is 8.35. The molecule has 3 heterocycles. The van der Waals surface area contributed by atoms with E-state index in [-0.39, 0.29) is 22.5 Å². The summed E-state index contributed by atoms with van der Waals surface area (Å²) in [5.41, 5.74) is 0.238. The van der Waals surface area contributed by atoms with Gasteiger partial charge in [-0.1, -0.05) is 6.07 Å². The molecule has 9 heteroatoms. The van der Waals surface area contributed by atoms with Gasteiger partial charge in [-0.15, -0.1) is 0 Å². The van der Waals surface area contributed by atoms with Crippen molar-refractivity contribution in [2.24, 2.45) is 0 Å². The number of hydrogen-bond donors (Lipinski definition) is 3. The van der Waals surface area contributed by atoms with Gasteiger partial charge in [0.1, 0.15) is 5.65 Å². The summed E-state index contributed by atoms with van der Waals surface area (Å²) in [5.74, 6) is -0.398. The van der Waals surface area contributed by atoms with E-state index >= 15 is 0 Å². The maximum atomic E-state index is 12.5. The molecule has 136 valence electrons. The molecule has 1 aliphatic rings. The maximum Gasteiger partial charge on any atom is 0.327 e. The van der Waals surface area contributed by atoms with Crippen molar-refractivity contribution in [2.75, 3.05) is 16.8 Å². The Kier molecular flexibility index (Phi) is 4.03. The molecule has 0 atom stereocenters. The molecule has 0 aliphatic carbocycles. The summed E-state index contributed by atoms with van der Waals surface area (Å²) < 4.78 is 0. The van der Waals surface area contributed by atoms with Gasteiger partial charge >= 0.3 is 5.69 Å². The molecule has 1 aromatic carbocycles. The fourth-order valence-corrected chi connectivity index (χ4v) is 3.05. The Balaban J connectivity index is 1.61. The molecule has 4 rings (SSSR count). The first kappa shape index (κ1) is 16.7. The molecule has 0 saturated carbocycles. The van der Waals surface area contributed by atoms with E-state index in [4.69, 9.17) is 0 Å². The van der Waals surface area contributed by atoms with Crippen molar-refractivity contribution in [3.63, 3.8) is 0 Å². The molecular weight excluding hydrogens is 350 g/mol. The highest BCUT2D eigenvalue weighted by Crippen LogP contribution is 2.24. The van der Waals surface area contributed by atoms with Crippen LogP contribution in [0.4, 0.5) is 11.4 Å². The average molecular weight is 365 g/mol. The van der Waals surface area contributed by atoms with Crippen LogP contribution in [0.5, 0.6) is 0 Å². The van der Waals surface area contributed by atoms with E-state index in [1.54, 1.807) is 23.1 Å². The van der Waals surface area contributed by atoms with Crippen LogP contribution in [0.25, 0.3) is 11.0 Å². The topological polar surface area (TPSA) is 128 Å². The number of fused-ring (bicyclic) bond motifs is 1. The molecule has 2 aromatic heterocycles. The van der Waals surface area contributed by atoms with Crippen LogP contribution in [0.2, 0.25) is 0 Å². The summed E-state index contributed by atoms with van der Waals surface area (Å²) in [5, 5.41) is 2.84.